The molecule has 0 atom stereocenters. The zero-order valence-corrected chi connectivity index (χ0v) is 19.2. The highest BCUT2D eigenvalue weighted by atomic mass is 19.1. The van der Waals surface area contributed by atoms with Gasteiger partial charge in [-0.05, 0) is 42.7 Å². The number of methoxy groups -OCH3 is 1. The number of likely N-dealkylation sites (N-methyl/N-ethyl adjacent to an activating group) is 1. The molecule has 1 amide bonds. The summed E-state index contributed by atoms with van der Waals surface area (Å²) in [7, 11) is 3.08. The Bertz CT molecular complexity index is 1260. The second-order valence-electron chi connectivity index (χ2n) is 7.66. The standard InChI is InChI=1S/C24H26FN3O6/c1-4-34-24(32)20-22(30)21-18(28(23(20)31)14-19(29)27(2)9-10-33-3)12-16(13-26-21)11-15-5-7-17(25)8-6-15/h5-8,12-13,30H,4,9-11,14H2,1-3H3. The number of fused-ring (bicyclic) bond motifs is 1. The lowest BCUT2D eigenvalue weighted by Gasteiger charge is -2.19. The van der Waals surface area contributed by atoms with Gasteiger partial charge in [0.05, 0.1) is 18.7 Å². The fourth-order valence-corrected chi connectivity index (χ4v) is 3.43. The third-order valence-corrected chi connectivity index (χ3v) is 5.29. The number of aromatic hydroxyl groups is 1. The minimum Gasteiger partial charge on any atom is -0.505 e. The zero-order valence-electron chi connectivity index (χ0n) is 19.2. The number of carbonyl (C=O) groups is 2. The van der Waals surface area contributed by atoms with Gasteiger partial charge in [0, 0.05) is 26.9 Å². The molecule has 0 aliphatic heterocycles. The molecule has 0 saturated carbocycles. The minimum absolute atomic E-state index is 0.00151. The summed E-state index contributed by atoms with van der Waals surface area (Å²) in [6.07, 6.45) is 1.86. The number of rotatable bonds is 9. The Morgan fingerprint density at radius 2 is 1.91 bits per heavy atom. The molecule has 1 aromatic carbocycles. The molecule has 0 saturated heterocycles. The van der Waals surface area contributed by atoms with Crippen molar-refractivity contribution in [3.63, 3.8) is 0 Å². The number of carbonyl (C=O) groups excluding carboxylic acids is 2. The zero-order chi connectivity index (χ0) is 24.8. The van der Waals surface area contributed by atoms with Gasteiger partial charge in [0.1, 0.15) is 17.9 Å². The number of benzene rings is 1. The van der Waals surface area contributed by atoms with Gasteiger partial charge >= 0.3 is 5.97 Å². The van der Waals surface area contributed by atoms with Crippen LogP contribution < -0.4 is 5.56 Å². The van der Waals surface area contributed by atoms with Gasteiger partial charge in [-0.3, -0.25) is 19.1 Å². The molecule has 2 heterocycles. The van der Waals surface area contributed by atoms with E-state index in [-0.39, 0.29) is 30.0 Å². The highest BCUT2D eigenvalue weighted by molar-refractivity contribution is 5.98. The van der Waals surface area contributed by atoms with Crippen molar-refractivity contribution in [2.75, 3.05) is 33.9 Å². The molecule has 3 aromatic rings. The number of amides is 1. The molecule has 34 heavy (non-hydrogen) atoms. The summed E-state index contributed by atoms with van der Waals surface area (Å²) in [5.41, 5.74) is 0.189. The Morgan fingerprint density at radius 1 is 1.21 bits per heavy atom. The molecule has 0 aliphatic carbocycles. The Kier molecular flexibility index (Phi) is 7.95. The Hall–Kier alpha value is -3.79. The number of pyridine rings is 2. The van der Waals surface area contributed by atoms with Crippen LogP contribution in [0.1, 0.15) is 28.4 Å². The SMILES string of the molecule is CCOC(=O)c1c(O)c2ncc(Cc3ccc(F)cc3)cc2n(CC(=O)N(C)CCOC)c1=O. The van der Waals surface area contributed by atoms with Crippen LogP contribution in [-0.4, -0.2) is 65.3 Å². The minimum atomic E-state index is -1.00. The van der Waals surface area contributed by atoms with Crippen LogP contribution in [0.2, 0.25) is 0 Å². The van der Waals surface area contributed by atoms with Crippen molar-refractivity contribution in [3.8, 4) is 5.75 Å². The summed E-state index contributed by atoms with van der Waals surface area (Å²) in [6.45, 7) is 1.80. The van der Waals surface area contributed by atoms with Crippen molar-refractivity contribution in [2.24, 2.45) is 0 Å². The van der Waals surface area contributed by atoms with Gasteiger partial charge < -0.3 is 19.5 Å². The summed E-state index contributed by atoms with van der Waals surface area (Å²) < 4.78 is 24.3. The molecule has 9 nitrogen and oxygen atoms in total. The molecular formula is C24H26FN3O6. The quantitative estimate of drug-likeness (QED) is 0.476. The van der Waals surface area contributed by atoms with Crippen LogP contribution in [0.15, 0.2) is 41.3 Å². The molecule has 10 heteroatoms. The molecule has 0 fully saturated rings. The van der Waals surface area contributed by atoms with Gasteiger partial charge in [-0.15, -0.1) is 0 Å². The summed E-state index contributed by atoms with van der Waals surface area (Å²) in [6, 6.07) is 7.55. The van der Waals surface area contributed by atoms with Crippen molar-refractivity contribution in [3.05, 3.63) is 69.4 Å². The largest absolute Gasteiger partial charge is 0.505 e. The van der Waals surface area contributed by atoms with Gasteiger partial charge in [-0.1, -0.05) is 12.1 Å². The molecule has 2 aromatic heterocycles. The highest BCUT2D eigenvalue weighted by Gasteiger charge is 2.26. The maximum Gasteiger partial charge on any atom is 0.347 e. The predicted octanol–water partition coefficient (Wildman–Crippen LogP) is 2.11. The highest BCUT2D eigenvalue weighted by Crippen LogP contribution is 2.26. The van der Waals surface area contributed by atoms with Crippen LogP contribution in [0, 0.1) is 5.82 Å². The van der Waals surface area contributed by atoms with E-state index in [1.807, 2.05) is 0 Å². The molecule has 0 radical (unpaired) electrons. The Labute approximate surface area is 195 Å². The first-order chi connectivity index (χ1) is 16.3. The molecule has 0 aliphatic rings. The van der Waals surface area contributed by atoms with Crippen molar-refractivity contribution >= 4 is 22.9 Å². The lowest BCUT2D eigenvalue weighted by molar-refractivity contribution is -0.131. The third kappa shape index (κ3) is 5.40. The van der Waals surface area contributed by atoms with Crippen LogP contribution in [0.5, 0.6) is 5.75 Å². The molecule has 0 spiro atoms. The lowest BCUT2D eigenvalue weighted by Crippen LogP contribution is -2.37. The van der Waals surface area contributed by atoms with E-state index < -0.39 is 28.7 Å². The van der Waals surface area contributed by atoms with Gasteiger partial charge in [-0.2, -0.15) is 0 Å². The van der Waals surface area contributed by atoms with Crippen LogP contribution in [0.4, 0.5) is 4.39 Å². The number of ether oxygens (including phenoxy) is 2. The Morgan fingerprint density at radius 3 is 2.56 bits per heavy atom. The maximum atomic E-state index is 13.2. The van der Waals surface area contributed by atoms with Gasteiger partial charge in [-0.25, -0.2) is 9.18 Å². The monoisotopic (exact) mass is 471 g/mol. The number of halogens is 1. The smallest absolute Gasteiger partial charge is 0.347 e. The van der Waals surface area contributed by atoms with Crippen molar-refractivity contribution in [2.45, 2.75) is 19.9 Å². The average molecular weight is 471 g/mol. The summed E-state index contributed by atoms with van der Waals surface area (Å²) in [5.74, 6) is -2.37. The number of aromatic nitrogens is 2. The summed E-state index contributed by atoms with van der Waals surface area (Å²) in [4.78, 5) is 44.1. The van der Waals surface area contributed by atoms with Gasteiger partial charge in [0.15, 0.2) is 11.3 Å². The first kappa shape index (κ1) is 24.8. The molecule has 1 N–H and O–H groups in total. The predicted molar refractivity (Wildman–Crippen MR) is 122 cm³/mol. The first-order valence-electron chi connectivity index (χ1n) is 10.7. The normalized spacial score (nSPS) is 10.9. The Balaban J connectivity index is 2.12. The fraction of sp³-hybridized carbons (Fsp3) is 0.333. The van der Waals surface area contributed by atoms with E-state index in [4.69, 9.17) is 9.47 Å². The van der Waals surface area contributed by atoms with Crippen LogP contribution in [0.3, 0.4) is 0 Å². The van der Waals surface area contributed by atoms with Gasteiger partial charge in [0.25, 0.3) is 5.56 Å². The summed E-state index contributed by atoms with van der Waals surface area (Å²) >= 11 is 0. The molecule has 3 rings (SSSR count). The fourth-order valence-electron chi connectivity index (χ4n) is 3.43. The topological polar surface area (TPSA) is 111 Å². The van der Waals surface area contributed by atoms with E-state index in [2.05, 4.69) is 4.98 Å². The van der Waals surface area contributed by atoms with Crippen molar-refractivity contribution in [1.29, 1.82) is 0 Å². The number of nitrogens with zero attached hydrogens (tertiary/aromatic N) is 3. The van der Waals surface area contributed by atoms with Crippen molar-refractivity contribution < 1.29 is 28.6 Å². The van der Waals surface area contributed by atoms with E-state index in [1.54, 1.807) is 32.2 Å². The van der Waals surface area contributed by atoms with E-state index in [0.717, 1.165) is 10.1 Å². The van der Waals surface area contributed by atoms with Gasteiger partial charge in [0.2, 0.25) is 5.91 Å². The van der Waals surface area contributed by atoms with E-state index in [9.17, 15) is 23.9 Å². The molecule has 0 unspecified atom stereocenters. The third-order valence-electron chi connectivity index (χ3n) is 5.29. The molecular weight excluding hydrogens is 445 g/mol. The molecule has 180 valence electrons. The maximum absolute atomic E-state index is 13.2. The molecule has 0 bridgehead atoms. The van der Waals surface area contributed by atoms with E-state index in [1.165, 1.54) is 30.3 Å². The number of hydrogen-bond acceptors (Lipinski definition) is 7. The van der Waals surface area contributed by atoms with Crippen molar-refractivity contribution in [1.82, 2.24) is 14.5 Å². The van der Waals surface area contributed by atoms with E-state index in [0.29, 0.717) is 25.1 Å². The van der Waals surface area contributed by atoms with Crippen LogP contribution >= 0.6 is 0 Å². The average Bonchev–Trinajstić information content (AvgIpc) is 2.81. The van der Waals surface area contributed by atoms with E-state index >= 15 is 0 Å². The second kappa shape index (κ2) is 10.9. The van der Waals surface area contributed by atoms with Crippen LogP contribution in [-0.2, 0) is 27.2 Å². The summed E-state index contributed by atoms with van der Waals surface area (Å²) in [5, 5.41) is 10.7. The number of esters is 1. The number of hydrogen-bond donors (Lipinski definition) is 1. The van der Waals surface area contributed by atoms with Crippen LogP contribution in [0.25, 0.3) is 11.0 Å². The lowest BCUT2D eigenvalue weighted by atomic mass is 10.1. The first-order valence-corrected chi connectivity index (χ1v) is 10.7. The second-order valence-corrected chi connectivity index (χ2v) is 7.66.